The summed E-state index contributed by atoms with van der Waals surface area (Å²) in [5, 5.41) is 9.33. The number of nitrogens with one attached hydrogen (secondary N) is 2. The van der Waals surface area contributed by atoms with Crippen LogP contribution in [0.5, 0.6) is 0 Å². The van der Waals surface area contributed by atoms with Crippen molar-refractivity contribution < 1.29 is 13.2 Å². The Bertz CT molecular complexity index is 1110. The maximum absolute atomic E-state index is 13.5. The molecule has 0 spiro atoms. The van der Waals surface area contributed by atoms with Crippen LogP contribution >= 0.6 is 0 Å². The number of allylic oxidation sites excluding steroid dienone is 1. The fourth-order valence-corrected chi connectivity index (χ4v) is 3.27. The van der Waals surface area contributed by atoms with Crippen molar-refractivity contribution in [3.05, 3.63) is 76.8 Å². The van der Waals surface area contributed by atoms with Crippen molar-refractivity contribution in [3.63, 3.8) is 0 Å². The highest BCUT2D eigenvalue weighted by atomic mass is 19.4. The van der Waals surface area contributed by atoms with E-state index in [0.717, 1.165) is 22.5 Å². The number of halogens is 3. The number of fused-ring (bicyclic) bond motifs is 1. The third kappa shape index (κ3) is 3.60. The third-order valence-corrected chi connectivity index (χ3v) is 4.68. The lowest BCUT2D eigenvalue weighted by molar-refractivity contribution is -0.138. The third-order valence-electron chi connectivity index (χ3n) is 4.68. The molecule has 3 heterocycles. The molecule has 28 heavy (non-hydrogen) atoms. The summed E-state index contributed by atoms with van der Waals surface area (Å²) in [7, 11) is 0. The normalized spacial score (nSPS) is 14.3. The van der Waals surface area contributed by atoms with E-state index in [1.165, 1.54) is 6.07 Å². The van der Waals surface area contributed by atoms with Gasteiger partial charge in [0.15, 0.2) is 0 Å². The molecule has 1 aliphatic heterocycles. The molecular weight excluding hydrogens is 365 g/mol. The molecule has 0 atom stereocenters. The number of H-pyrrole nitrogens is 1. The molecule has 0 bridgehead atoms. The Morgan fingerprint density at radius 1 is 1.14 bits per heavy atom. The Balaban J connectivity index is 1.70. The van der Waals surface area contributed by atoms with Crippen LogP contribution in [0, 0.1) is 5.41 Å². The number of hydrogen-bond acceptors (Lipinski definition) is 3. The van der Waals surface area contributed by atoms with Crippen LogP contribution in [0.25, 0.3) is 10.9 Å². The van der Waals surface area contributed by atoms with Crippen molar-refractivity contribution in [2.75, 3.05) is 6.54 Å². The standard InChI is InChI=1S/C21H17F3N4/c22-21(23,24)17-5-4-16(11-13-3-6-18-14(10-13)7-9-27-18)28-20(17)19(25)15-2-1-8-26-12-15/h2-10,25,27H,1,11-12H2. The van der Waals surface area contributed by atoms with Gasteiger partial charge < -0.3 is 4.98 Å². The molecule has 0 unspecified atom stereocenters. The van der Waals surface area contributed by atoms with Crippen LogP contribution in [-0.4, -0.2) is 28.4 Å². The number of aromatic amines is 1. The van der Waals surface area contributed by atoms with Crippen LogP contribution in [0.3, 0.4) is 0 Å². The van der Waals surface area contributed by atoms with Gasteiger partial charge in [-0.05, 0) is 46.9 Å². The lowest BCUT2D eigenvalue weighted by Gasteiger charge is -2.16. The number of aromatic nitrogens is 2. The number of benzene rings is 1. The van der Waals surface area contributed by atoms with Crippen LogP contribution in [0.15, 0.2) is 59.2 Å². The highest BCUT2D eigenvalue weighted by Gasteiger charge is 2.36. The predicted molar refractivity (Wildman–Crippen MR) is 103 cm³/mol. The van der Waals surface area contributed by atoms with E-state index >= 15 is 0 Å². The van der Waals surface area contributed by atoms with E-state index in [0.29, 0.717) is 24.1 Å². The van der Waals surface area contributed by atoms with Crippen molar-refractivity contribution in [2.45, 2.75) is 19.0 Å². The number of nitrogens with zero attached hydrogens (tertiary/aromatic N) is 2. The topological polar surface area (TPSA) is 64.9 Å². The Labute approximate surface area is 159 Å². The number of hydrogen-bond donors (Lipinski definition) is 2. The Morgan fingerprint density at radius 2 is 2.00 bits per heavy atom. The van der Waals surface area contributed by atoms with E-state index in [-0.39, 0.29) is 18.0 Å². The molecule has 2 aromatic heterocycles. The van der Waals surface area contributed by atoms with Gasteiger partial charge in [-0.3, -0.25) is 15.4 Å². The van der Waals surface area contributed by atoms with Crippen LogP contribution in [0.1, 0.15) is 28.9 Å². The molecule has 4 rings (SSSR count). The summed E-state index contributed by atoms with van der Waals surface area (Å²) in [6, 6.07) is 10.2. The van der Waals surface area contributed by atoms with Gasteiger partial charge in [-0.15, -0.1) is 0 Å². The second-order valence-corrected chi connectivity index (χ2v) is 6.64. The summed E-state index contributed by atoms with van der Waals surface area (Å²) < 4.78 is 40.5. The van der Waals surface area contributed by atoms with E-state index in [1.807, 2.05) is 30.5 Å². The summed E-state index contributed by atoms with van der Waals surface area (Å²) in [4.78, 5) is 11.4. The summed E-state index contributed by atoms with van der Waals surface area (Å²) in [6.07, 6.45) is 1.57. The molecule has 0 saturated carbocycles. The van der Waals surface area contributed by atoms with E-state index in [1.54, 1.807) is 12.3 Å². The zero-order valence-electron chi connectivity index (χ0n) is 14.8. The summed E-state index contributed by atoms with van der Waals surface area (Å²) in [5.74, 6) is 0. The van der Waals surface area contributed by atoms with E-state index < -0.39 is 11.7 Å². The minimum absolute atomic E-state index is 0.201. The Kier molecular flexibility index (Phi) is 4.58. The van der Waals surface area contributed by atoms with Crippen LogP contribution in [-0.2, 0) is 12.6 Å². The van der Waals surface area contributed by atoms with Gasteiger partial charge in [-0.2, -0.15) is 13.2 Å². The molecule has 142 valence electrons. The fraction of sp³-hybridized carbons (Fsp3) is 0.190. The highest BCUT2D eigenvalue weighted by Crippen LogP contribution is 2.33. The zero-order valence-corrected chi connectivity index (χ0v) is 14.8. The lowest BCUT2D eigenvalue weighted by atomic mass is 9.99. The number of rotatable bonds is 4. The minimum atomic E-state index is -4.57. The molecule has 4 nitrogen and oxygen atoms in total. The smallest absolute Gasteiger partial charge is 0.361 e. The first-order chi connectivity index (χ1) is 13.4. The highest BCUT2D eigenvalue weighted by molar-refractivity contribution is 6.11. The molecule has 0 fully saturated rings. The van der Waals surface area contributed by atoms with Crippen molar-refractivity contribution in [1.82, 2.24) is 9.97 Å². The van der Waals surface area contributed by atoms with Crippen molar-refractivity contribution in [3.8, 4) is 0 Å². The summed E-state index contributed by atoms with van der Waals surface area (Å²) in [5.41, 5.74) is 1.45. The minimum Gasteiger partial charge on any atom is -0.361 e. The van der Waals surface area contributed by atoms with Crippen LogP contribution in [0.4, 0.5) is 13.2 Å². The zero-order chi connectivity index (χ0) is 19.7. The quantitative estimate of drug-likeness (QED) is 0.617. The first kappa shape index (κ1) is 18.2. The van der Waals surface area contributed by atoms with Gasteiger partial charge in [0.25, 0.3) is 0 Å². The number of alkyl halides is 3. The molecule has 2 N–H and O–H groups in total. The molecule has 0 saturated heterocycles. The average Bonchev–Trinajstić information content (AvgIpc) is 3.15. The van der Waals surface area contributed by atoms with Crippen LogP contribution in [0.2, 0.25) is 0 Å². The second kappa shape index (κ2) is 7.07. The number of aliphatic imine (C=N–C) groups is 1. The van der Waals surface area contributed by atoms with Gasteiger partial charge in [-0.25, -0.2) is 0 Å². The van der Waals surface area contributed by atoms with Crippen LogP contribution < -0.4 is 0 Å². The SMILES string of the molecule is N=C(C1=CCC=NC1)c1nc(Cc2ccc3[nH]ccc3c2)ccc1C(F)(F)F. The average molecular weight is 382 g/mol. The van der Waals surface area contributed by atoms with Gasteiger partial charge in [0.2, 0.25) is 0 Å². The number of pyridine rings is 1. The molecule has 7 heteroatoms. The van der Waals surface area contributed by atoms with E-state index in [4.69, 9.17) is 5.41 Å². The summed E-state index contributed by atoms with van der Waals surface area (Å²) >= 11 is 0. The Hall–Kier alpha value is -3.22. The first-order valence-electron chi connectivity index (χ1n) is 8.81. The molecule has 1 aromatic carbocycles. The Morgan fingerprint density at radius 3 is 2.75 bits per heavy atom. The first-order valence-corrected chi connectivity index (χ1v) is 8.81. The van der Waals surface area contributed by atoms with Gasteiger partial charge in [0.05, 0.1) is 17.8 Å². The molecule has 3 aromatic rings. The van der Waals surface area contributed by atoms with Gasteiger partial charge in [-0.1, -0.05) is 12.1 Å². The largest absolute Gasteiger partial charge is 0.418 e. The van der Waals surface area contributed by atoms with Gasteiger partial charge in [0.1, 0.15) is 5.69 Å². The van der Waals surface area contributed by atoms with Crippen molar-refractivity contribution in [2.24, 2.45) is 4.99 Å². The monoisotopic (exact) mass is 382 g/mol. The molecule has 0 aliphatic carbocycles. The second-order valence-electron chi connectivity index (χ2n) is 6.64. The van der Waals surface area contributed by atoms with Gasteiger partial charge >= 0.3 is 6.18 Å². The summed E-state index contributed by atoms with van der Waals surface area (Å²) in [6.45, 7) is 0.201. The lowest BCUT2D eigenvalue weighted by Crippen LogP contribution is -2.19. The van der Waals surface area contributed by atoms with E-state index in [2.05, 4.69) is 15.0 Å². The molecule has 0 amide bonds. The number of dihydropyridines is 1. The van der Waals surface area contributed by atoms with Crippen molar-refractivity contribution in [1.29, 1.82) is 5.41 Å². The predicted octanol–water partition coefficient (Wildman–Crippen LogP) is 4.94. The molecule has 0 radical (unpaired) electrons. The fourth-order valence-electron chi connectivity index (χ4n) is 3.27. The maximum atomic E-state index is 13.5. The molecule has 1 aliphatic rings. The van der Waals surface area contributed by atoms with Crippen molar-refractivity contribution >= 4 is 22.8 Å². The van der Waals surface area contributed by atoms with E-state index in [9.17, 15) is 13.2 Å². The molecular formula is C21H17F3N4. The van der Waals surface area contributed by atoms with Gasteiger partial charge in [0, 0.05) is 36.5 Å². The maximum Gasteiger partial charge on any atom is 0.418 e.